The first-order chi connectivity index (χ1) is 13.8. The fourth-order valence-corrected chi connectivity index (χ4v) is 3.90. The number of benzene rings is 3. The second kappa shape index (κ2) is 7.02. The maximum absolute atomic E-state index is 4.63. The van der Waals surface area contributed by atoms with Gasteiger partial charge < -0.3 is 4.72 Å². The second-order valence-corrected chi connectivity index (χ2v) is 7.57. The molecule has 0 fully saturated rings. The van der Waals surface area contributed by atoms with Crippen molar-refractivity contribution >= 4 is 34.2 Å². The number of imidazole rings is 1. The minimum atomic E-state index is 0.750. The van der Waals surface area contributed by atoms with Gasteiger partial charge in [-0.2, -0.15) is 0 Å². The molecule has 3 aromatic carbocycles. The molecule has 2 heterocycles. The Kier molecular flexibility index (Phi) is 4.22. The first-order valence-corrected chi connectivity index (χ1v) is 9.90. The summed E-state index contributed by atoms with van der Waals surface area (Å²) in [7, 11) is 0. The Morgan fingerprint density at radius 3 is 2.57 bits per heavy atom. The Balaban J connectivity index is 1.50. The van der Waals surface area contributed by atoms with E-state index in [1.807, 2.05) is 12.4 Å². The van der Waals surface area contributed by atoms with Crippen LogP contribution in [-0.2, 0) is 0 Å². The number of anilines is 1. The number of aryl methyl sites for hydroxylation is 1. The molecule has 0 saturated heterocycles. The highest BCUT2D eigenvalue weighted by molar-refractivity contribution is 8.00. The molecule has 1 N–H and O–H groups in total. The smallest absolute Gasteiger partial charge is 0.181 e. The Bertz CT molecular complexity index is 1280. The lowest BCUT2D eigenvalue weighted by atomic mass is 10.1. The van der Waals surface area contributed by atoms with Gasteiger partial charge in [0.1, 0.15) is 0 Å². The lowest BCUT2D eigenvalue weighted by Gasteiger charge is -2.08. The minimum Gasteiger partial charge on any atom is -0.307 e. The van der Waals surface area contributed by atoms with Crippen molar-refractivity contribution in [3.8, 4) is 11.3 Å². The lowest BCUT2D eigenvalue weighted by Crippen LogP contribution is -1.96. The van der Waals surface area contributed by atoms with Crippen molar-refractivity contribution in [1.29, 1.82) is 0 Å². The van der Waals surface area contributed by atoms with Crippen LogP contribution in [0, 0.1) is 6.92 Å². The van der Waals surface area contributed by atoms with Crippen LogP contribution in [0.15, 0.2) is 90.2 Å². The third kappa shape index (κ3) is 3.10. The molecule has 0 aliphatic carbocycles. The summed E-state index contributed by atoms with van der Waals surface area (Å²) in [6, 6.07) is 23.3. The van der Waals surface area contributed by atoms with Gasteiger partial charge in [0.25, 0.3) is 0 Å². The molecule has 0 aliphatic heterocycles. The Labute approximate surface area is 167 Å². The van der Waals surface area contributed by atoms with Gasteiger partial charge in [0.2, 0.25) is 0 Å². The summed E-state index contributed by atoms with van der Waals surface area (Å²) in [6.45, 7) is 2.09. The molecule has 2 aromatic heterocycles. The fourth-order valence-electron chi connectivity index (χ4n) is 3.27. The summed E-state index contributed by atoms with van der Waals surface area (Å²) in [5.41, 5.74) is 4.24. The summed E-state index contributed by atoms with van der Waals surface area (Å²) in [6.07, 6.45) is 5.66. The summed E-state index contributed by atoms with van der Waals surface area (Å²) >= 11 is 1.54. The standard InChI is InChI=1S/C23H18N4S/c1-16-6-10-20(11-7-16)28-26-22-23-25-15-21(27(23)13-12-24-22)19-9-8-17-4-2-3-5-18(17)14-19/h2-15H,1H3,(H,24,26). The summed E-state index contributed by atoms with van der Waals surface area (Å²) in [5.74, 6) is 0.750. The number of nitrogens with one attached hydrogen (secondary N) is 1. The van der Waals surface area contributed by atoms with Gasteiger partial charge >= 0.3 is 0 Å². The third-order valence-corrected chi connectivity index (χ3v) is 5.56. The largest absolute Gasteiger partial charge is 0.307 e. The van der Waals surface area contributed by atoms with Gasteiger partial charge in [-0.1, -0.05) is 54.1 Å². The average molecular weight is 382 g/mol. The molecule has 5 rings (SSSR count). The maximum Gasteiger partial charge on any atom is 0.181 e. The molecular formula is C23H18N4S. The molecule has 5 heteroatoms. The molecule has 0 atom stereocenters. The van der Waals surface area contributed by atoms with Gasteiger partial charge in [-0.05, 0) is 47.8 Å². The van der Waals surface area contributed by atoms with E-state index in [0.29, 0.717) is 0 Å². The van der Waals surface area contributed by atoms with Crippen LogP contribution < -0.4 is 4.72 Å². The van der Waals surface area contributed by atoms with Crippen molar-refractivity contribution in [3.05, 3.63) is 90.9 Å². The predicted molar refractivity (Wildman–Crippen MR) is 117 cm³/mol. The van der Waals surface area contributed by atoms with Crippen LogP contribution in [0.3, 0.4) is 0 Å². The van der Waals surface area contributed by atoms with E-state index in [1.54, 1.807) is 6.20 Å². The van der Waals surface area contributed by atoms with Crippen molar-refractivity contribution in [3.63, 3.8) is 0 Å². The summed E-state index contributed by atoms with van der Waals surface area (Å²) in [4.78, 5) is 10.2. The SMILES string of the molecule is Cc1ccc(SNc2nccn3c(-c4ccc5ccccc5c4)cnc23)cc1. The molecule has 0 amide bonds. The molecule has 28 heavy (non-hydrogen) atoms. The van der Waals surface area contributed by atoms with Crippen LogP contribution >= 0.6 is 11.9 Å². The van der Waals surface area contributed by atoms with Crippen molar-refractivity contribution in [2.45, 2.75) is 11.8 Å². The van der Waals surface area contributed by atoms with Crippen LogP contribution in [0.1, 0.15) is 5.56 Å². The lowest BCUT2D eigenvalue weighted by molar-refractivity contribution is 1.14. The van der Waals surface area contributed by atoms with Crippen LogP contribution in [0.4, 0.5) is 5.82 Å². The third-order valence-electron chi connectivity index (χ3n) is 4.76. The average Bonchev–Trinajstić information content (AvgIpc) is 3.18. The molecule has 0 spiro atoms. The zero-order valence-electron chi connectivity index (χ0n) is 15.3. The first kappa shape index (κ1) is 16.8. The fraction of sp³-hybridized carbons (Fsp3) is 0.0435. The topological polar surface area (TPSA) is 42.2 Å². The van der Waals surface area contributed by atoms with Gasteiger partial charge in [0.15, 0.2) is 11.5 Å². The highest BCUT2D eigenvalue weighted by Crippen LogP contribution is 2.28. The molecule has 0 saturated carbocycles. The van der Waals surface area contributed by atoms with Crippen molar-refractivity contribution < 1.29 is 0 Å². The first-order valence-electron chi connectivity index (χ1n) is 9.09. The van der Waals surface area contributed by atoms with Crippen molar-refractivity contribution in [2.24, 2.45) is 0 Å². The van der Waals surface area contributed by atoms with Crippen LogP contribution in [0.2, 0.25) is 0 Å². The predicted octanol–water partition coefficient (Wildman–Crippen LogP) is 5.98. The molecule has 0 radical (unpaired) electrons. The van der Waals surface area contributed by atoms with Crippen LogP contribution in [-0.4, -0.2) is 14.4 Å². The molecule has 0 aliphatic rings. The molecule has 0 unspecified atom stereocenters. The van der Waals surface area contributed by atoms with E-state index < -0.39 is 0 Å². The van der Waals surface area contributed by atoms with Crippen molar-refractivity contribution in [1.82, 2.24) is 14.4 Å². The van der Waals surface area contributed by atoms with Crippen LogP contribution in [0.25, 0.3) is 27.7 Å². The Morgan fingerprint density at radius 1 is 0.893 bits per heavy atom. The van der Waals surface area contributed by atoms with E-state index in [4.69, 9.17) is 0 Å². The second-order valence-electron chi connectivity index (χ2n) is 6.69. The normalized spacial score (nSPS) is 11.2. The van der Waals surface area contributed by atoms with Gasteiger partial charge in [-0.25, -0.2) is 9.97 Å². The van der Waals surface area contributed by atoms with Gasteiger partial charge in [-0.15, -0.1) is 0 Å². The number of aromatic nitrogens is 3. The van der Waals surface area contributed by atoms with Gasteiger partial charge in [0.05, 0.1) is 11.9 Å². The Hall–Kier alpha value is -3.31. The van der Waals surface area contributed by atoms with Gasteiger partial charge in [-0.3, -0.25) is 4.40 Å². The van der Waals surface area contributed by atoms with E-state index in [0.717, 1.165) is 27.6 Å². The molecular weight excluding hydrogens is 364 g/mol. The number of fused-ring (bicyclic) bond motifs is 2. The molecule has 136 valence electrons. The number of hydrogen-bond acceptors (Lipinski definition) is 4. The van der Waals surface area contributed by atoms with E-state index in [-0.39, 0.29) is 0 Å². The van der Waals surface area contributed by atoms with E-state index >= 15 is 0 Å². The maximum atomic E-state index is 4.63. The number of rotatable bonds is 4. The summed E-state index contributed by atoms with van der Waals surface area (Å²) < 4.78 is 5.42. The highest BCUT2D eigenvalue weighted by Gasteiger charge is 2.11. The number of nitrogens with zero attached hydrogens (tertiary/aromatic N) is 3. The van der Waals surface area contributed by atoms with Crippen molar-refractivity contribution in [2.75, 3.05) is 4.72 Å². The molecule has 0 bridgehead atoms. The summed E-state index contributed by atoms with van der Waals surface area (Å²) in [5, 5.41) is 2.45. The van der Waals surface area contributed by atoms with E-state index in [2.05, 4.69) is 92.7 Å². The zero-order chi connectivity index (χ0) is 18.9. The monoisotopic (exact) mass is 382 g/mol. The molecule has 5 aromatic rings. The minimum absolute atomic E-state index is 0.750. The zero-order valence-corrected chi connectivity index (χ0v) is 16.1. The molecule has 4 nitrogen and oxygen atoms in total. The van der Waals surface area contributed by atoms with Gasteiger partial charge in [0, 0.05) is 22.9 Å². The highest BCUT2D eigenvalue weighted by atomic mass is 32.2. The van der Waals surface area contributed by atoms with E-state index in [9.17, 15) is 0 Å². The Morgan fingerprint density at radius 2 is 1.71 bits per heavy atom. The quantitative estimate of drug-likeness (QED) is 0.388. The van der Waals surface area contributed by atoms with Crippen LogP contribution in [0.5, 0.6) is 0 Å². The van der Waals surface area contributed by atoms with E-state index in [1.165, 1.54) is 28.3 Å². The number of hydrogen-bond donors (Lipinski definition) is 1.